The van der Waals surface area contributed by atoms with Crippen LogP contribution in [0.5, 0.6) is 0 Å². The highest BCUT2D eigenvalue weighted by molar-refractivity contribution is 5.08. The van der Waals surface area contributed by atoms with E-state index >= 15 is 0 Å². The van der Waals surface area contributed by atoms with Gasteiger partial charge in [0, 0.05) is 12.0 Å². The zero-order chi connectivity index (χ0) is 11.7. The molecule has 1 aliphatic carbocycles. The third-order valence-corrected chi connectivity index (χ3v) is 4.35. The standard InChI is InChI=1S/C13H21N3O/c1-13(6-3-2-4-7-13)12-15-11(17-16-12)10-5-8-14-9-10/h10,14H,2-9H2,1H3. The molecular weight excluding hydrogens is 214 g/mol. The average Bonchev–Trinajstić information content (AvgIpc) is 3.01. The van der Waals surface area contributed by atoms with Crippen molar-refractivity contribution in [3.63, 3.8) is 0 Å². The molecule has 1 aliphatic heterocycles. The summed E-state index contributed by atoms with van der Waals surface area (Å²) in [5, 5.41) is 7.58. The SMILES string of the molecule is CC1(c2noc(C3CCNC3)n2)CCCCC1. The Labute approximate surface area is 102 Å². The van der Waals surface area contributed by atoms with Crippen LogP contribution in [-0.4, -0.2) is 23.2 Å². The predicted molar refractivity (Wildman–Crippen MR) is 65.0 cm³/mol. The average molecular weight is 235 g/mol. The zero-order valence-corrected chi connectivity index (χ0v) is 10.5. The van der Waals surface area contributed by atoms with Crippen molar-refractivity contribution in [3.05, 3.63) is 11.7 Å². The first-order chi connectivity index (χ1) is 8.28. The Hall–Kier alpha value is -0.900. The van der Waals surface area contributed by atoms with Gasteiger partial charge in [0.1, 0.15) is 0 Å². The highest BCUT2D eigenvalue weighted by atomic mass is 16.5. The van der Waals surface area contributed by atoms with Crippen LogP contribution in [0.4, 0.5) is 0 Å². The molecule has 2 fully saturated rings. The summed E-state index contributed by atoms with van der Waals surface area (Å²) in [5.41, 5.74) is 0.159. The highest BCUT2D eigenvalue weighted by Gasteiger charge is 2.34. The van der Waals surface area contributed by atoms with E-state index in [0.717, 1.165) is 31.2 Å². The van der Waals surface area contributed by atoms with Crippen molar-refractivity contribution >= 4 is 0 Å². The van der Waals surface area contributed by atoms with Crippen LogP contribution in [0.2, 0.25) is 0 Å². The fourth-order valence-electron chi connectivity index (χ4n) is 3.07. The number of hydrogen-bond acceptors (Lipinski definition) is 4. The van der Waals surface area contributed by atoms with Gasteiger partial charge >= 0.3 is 0 Å². The molecule has 0 amide bonds. The lowest BCUT2D eigenvalue weighted by Gasteiger charge is -2.29. The van der Waals surface area contributed by atoms with Crippen molar-refractivity contribution in [3.8, 4) is 0 Å². The van der Waals surface area contributed by atoms with Crippen LogP contribution in [0.15, 0.2) is 4.52 Å². The summed E-state index contributed by atoms with van der Waals surface area (Å²) in [6.45, 7) is 4.34. The lowest BCUT2D eigenvalue weighted by Crippen LogP contribution is -2.26. The molecule has 0 spiro atoms. The van der Waals surface area contributed by atoms with E-state index in [0.29, 0.717) is 5.92 Å². The van der Waals surface area contributed by atoms with Crippen LogP contribution < -0.4 is 5.32 Å². The van der Waals surface area contributed by atoms with Crippen LogP contribution >= 0.6 is 0 Å². The van der Waals surface area contributed by atoms with E-state index in [9.17, 15) is 0 Å². The van der Waals surface area contributed by atoms with Crippen molar-refractivity contribution in [2.24, 2.45) is 0 Å². The van der Waals surface area contributed by atoms with Gasteiger partial charge in [0.2, 0.25) is 5.89 Å². The third-order valence-electron chi connectivity index (χ3n) is 4.35. The Balaban J connectivity index is 1.78. The Morgan fingerprint density at radius 3 is 2.82 bits per heavy atom. The Bertz CT molecular complexity index is 376. The minimum atomic E-state index is 0.159. The number of aromatic nitrogens is 2. The fraction of sp³-hybridized carbons (Fsp3) is 0.846. The zero-order valence-electron chi connectivity index (χ0n) is 10.5. The Morgan fingerprint density at radius 2 is 2.12 bits per heavy atom. The van der Waals surface area contributed by atoms with Gasteiger partial charge in [-0.05, 0) is 25.8 Å². The van der Waals surface area contributed by atoms with E-state index in [4.69, 9.17) is 4.52 Å². The van der Waals surface area contributed by atoms with Gasteiger partial charge in [-0.1, -0.05) is 31.3 Å². The number of nitrogens with one attached hydrogen (secondary N) is 1. The number of nitrogens with zero attached hydrogens (tertiary/aromatic N) is 2. The van der Waals surface area contributed by atoms with Crippen LogP contribution in [-0.2, 0) is 5.41 Å². The highest BCUT2D eigenvalue weighted by Crippen LogP contribution is 2.37. The summed E-state index contributed by atoms with van der Waals surface area (Å²) in [6.07, 6.45) is 7.48. The van der Waals surface area contributed by atoms with Crippen molar-refractivity contribution in [1.82, 2.24) is 15.5 Å². The molecule has 94 valence electrons. The molecule has 4 heteroatoms. The van der Waals surface area contributed by atoms with Crippen molar-refractivity contribution in [2.75, 3.05) is 13.1 Å². The van der Waals surface area contributed by atoms with E-state index in [1.165, 1.54) is 32.1 Å². The summed E-state index contributed by atoms with van der Waals surface area (Å²) in [6, 6.07) is 0. The molecule has 1 N–H and O–H groups in total. The number of hydrogen-bond donors (Lipinski definition) is 1. The fourth-order valence-corrected chi connectivity index (χ4v) is 3.07. The van der Waals surface area contributed by atoms with Crippen LogP contribution in [0.25, 0.3) is 0 Å². The van der Waals surface area contributed by atoms with Gasteiger partial charge in [-0.3, -0.25) is 0 Å². The maximum Gasteiger partial charge on any atom is 0.231 e. The first-order valence-corrected chi connectivity index (χ1v) is 6.83. The molecule has 1 aromatic rings. The molecule has 1 atom stereocenters. The minimum Gasteiger partial charge on any atom is -0.339 e. The van der Waals surface area contributed by atoms with E-state index in [-0.39, 0.29) is 5.41 Å². The van der Waals surface area contributed by atoms with Crippen LogP contribution in [0.3, 0.4) is 0 Å². The molecule has 2 aliphatic rings. The summed E-state index contributed by atoms with van der Waals surface area (Å²) in [7, 11) is 0. The van der Waals surface area contributed by atoms with E-state index in [1.54, 1.807) is 0 Å². The number of rotatable bonds is 2. The van der Waals surface area contributed by atoms with Gasteiger partial charge in [0.05, 0.1) is 5.92 Å². The van der Waals surface area contributed by atoms with E-state index < -0.39 is 0 Å². The summed E-state index contributed by atoms with van der Waals surface area (Å²) in [4.78, 5) is 4.67. The first-order valence-electron chi connectivity index (χ1n) is 6.83. The van der Waals surface area contributed by atoms with Crippen molar-refractivity contribution in [2.45, 2.75) is 56.8 Å². The molecule has 3 rings (SSSR count). The predicted octanol–water partition coefficient (Wildman–Crippen LogP) is 2.37. The molecule has 1 unspecified atom stereocenters. The lowest BCUT2D eigenvalue weighted by atomic mass is 9.75. The maximum atomic E-state index is 5.47. The normalized spacial score (nSPS) is 28.4. The lowest BCUT2D eigenvalue weighted by molar-refractivity contribution is 0.286. The first kappa shape index (κ1) is 11.2. The summed E-state index contributed by atoms with van der Waals surface area (Å²) < 4.78 is 5.47. The van der Waals surface area contributed by atoms with Gasteiger partial charge in [0.15, 0.2) is 5.82 Å². The maximum absolute atomic E-state index is 5.47. The smallest absolute Gasteiger partial charge is 0.231 e. The van der Waals surface area contributed by atoms with Crippen molar-refractivity contribution in [1.29, 1.82) is 0 Å². The summed E-state index contributed by atoms with van der Waals surface area (Å²) in [5.74, 6) is 2.22. The van der Waals surface area contributed by atoms with Gasteiger partial charge in [-0.2, -0.15) is 4.98 Å². The molecule has 1 aromatic heterocycles. The van der Waals surface area contributed by atoms with Gasteiger partial charge in [0.25, 0.3) is 0 Å². The minimum absolute atomic E-state index is 0.159. The Kier molecular flexibility index (Phi) is 2.90. The monoisotopic (exact) mass is 235 g/mol. The van der Waals surface area contributed by atoms with Gasteiger partial charge < -0.3 is 9.84 Å². The van der Waals surface area contributed by atoms with Gasteiger partial charge in [-0.15, -0.1) is 0 Å². The molecule has 0 bridgehead atoms. The van der Waals surface area contributed by atoms with E-state index in [2.05, 4.69) is 22.4 Å². The Morgan fingerprint density at radius 1 is 1.29 bits per heavy atom. The topological polar surface area (TPSA) is 51.0 Å². The second kappa shape index (κ2) is 4.41. The second-order valence-corrected chi connectivity index (χ2v) is 5.77. The van der Waals surface area contributed by atoms with Gasteiger partial charge in [-0.25, -0.2) is 0 Å². The molecule has 1 saturated carbocycles. The van der Waals surface area contributed by atoms with E-state index in [1.807, 2.05) is 0 Å². The van der Waals surface area contributed by atoms with Crippen LogP contribution in [0.1, 0.15) is 63.1 Å². The molecular formula is C13H21N3O. The molecule has 4 nitrogen and oxygen atoms in total. The molecule has 2 heterocycles. The quantitative estimate of drug-likeness (QED) is 0.855. The molecule has 0 aromatic carbocycles. The van der Waals surface area contributed by atoms with Crippen LogP contribution in [0, 0.1) is 0 Å². The third kappa shape index (κ3) is 2.10. The second-order valence-electron chi connectivity index (χ2n) is 5.77. The largest absolute Gasteiger partial charge is 0.339 e. The van der Waals surface area contributed by atoms with Crippen molar-refractivity contribution < 1.29 is 4.52 Å². The molecule has 0 radical (unpaired) electrons. The molecule has 1 saturated heterocycles. The summed E-state index contributed by atoms with van der Waals surface area (Å²) >= 11 is 0. The molecule has 17 heavy (non-hydrogen) atoms.